The minimum atomic E-state index is -0.156. The lowest BCUT2D eigenvalue weighted by Crippen LogP contribution is -2.27. The number of anilines is 3. The lowest BCUT2D eigenvalue weighted by molar-refractivity contribution is 0.337. The Morgan fingerprint density at radius 2 is 0.875 bits per heavy atom. The van der Waals surface area contributed by atoms with Gasteiger partial charge in [0.2, 0.25) is 0 Å². The van der Waals surface area contributed by atoms with Gasteiger partial charge in [-0.2, -0.15) is 0 Å². The topological polar surface area (TPSA) is 93.9 Å². The van der Waals surface area contributed by atoms with Gasteiger partial charge in [-0.1, -0.05) is 223 Å². The maximum atomic E-state index is 13.5. The van der Waals surface area contributed by atoms with E-state index >= 15 is 0 Å². The largest absolute Gasteiger partial charge is 0.508 e. The molecule has 0 heterocycles. The van der Waals surface area contributed by atoms with Crippen LogP contribution in [0, 0.1) is 55.4 Å². The van der Waals surface area contributed by atoms with E-state index in [1.165, 1.54) is 83.5 Å². The smallest absolute Gasteiger partial charge is 0.122 e. The van der Waals surface area contributed by atoms with Gasteiger partial charge in [-0.05, 0) is 216 Å². The molecule has 10 aromatic rings. The SMILES string of the molecule is C=C(O)/C(=C\C(=C/C)N(Cc1ccccc1)Cc1ccc(C)cc1C)Cc1cc(N(Cc2ccc(C)cc2C)C(C)c2ccc(C)cc2C)cc(Cc2cc(N(Cc3ccccc3)Cc3ccc(C)cc3C)cc(Cc3cc(N(CC4=C(C)C=CCC4)Cc4ccccc4)cc(CC)c3O)c2O)c1O. The molecular formula is C96H106N4O4. The number of allylic oxidation sites excluding steroid dienone is 6. The van der Waals surface area contributed by atoms with E-state index in [-0.39, 0.29) is 48.3 Å². The summed E-state index contributed by atoms with van der Waals surface area (Å²) >= 11 is 0. The zero-order valence-corrected chi connectivity index (χ0v) is 63.4. The molecule has 1 atom stereocenters. The van der Waals surface area contributed by atoms with Crippen LogP contribution in [0.25, 0.3) is 0 Å². The standard InChI is InChI=1S/C96H106N4O4/c1-14-78-50-90(98(58-76-30-21-17-22-31-76)60-79-34-26-25-27-68(79)7)52-85(94(78)102)48-86-53-91(99(59-77-32-23-18-24-33-77)62-81-40-36-65(4)44-70(81)9)54-87(96(86)104)49-88-56-92(100(63-82-41-37-66(5)45-71(82)10)73(12)93-42-38-67(6)46-72(93)11)55-84(95(88)103)47-83(74(13)101)51-89(15-2)97(57-75-28-19-16-20-29-75)61-80-39-35-64(3)43-69(80)8/h15-25,27-33,35-46,50-56,73,101-104H,13-14,26,34,47-49,57-63H2,1-12H3/b83-51-,89-15+. The van der Waals surface area contributed by atoms with E-state index in [4.69, 9.17) is 0 Å². The van der Waals surface area contributed by atoms with Crippen LogP contribution >= 0.6 is 0 Å². The Balaban J connectivity index is 1.11. The Kier molecular flexibility index (Phi) is 24.4. The fourth-order valence-corrected chi connectivity index (χ4v) is 15.1. The number of hydrogen-bond donors (Lipinski definition) is 4. The number of phenolic OH excluding ortho intramolecular Hbond substituents is 3. The molecule has 0 saturated heterocycles. The molecule has 1 unspecified atom stereocenters. The van der Waals surface area contributed by atoms with Crippen molar-refractivity contribution in [3.8, 4) is 17.2 Å². The van der Waals surface area contributed by atoms with Crippen LogP contribution in [0.3, 0.4) is 0 Å². The van der Waals surface area contributed by atoms with Crippen LogP contribution in [0.2, 0.25) is 0 Å². The molecule has 8 nitrogen and oxygen atoms in total. The van der Waals surface area contributed by atoms with Gasteiger partial charge in [-0.3, -0.25) is 0 Å². The van der Waals surface area contributed by atoms with Gasteiger partial charge >= 0.3 is 0 Å². The average molecular weight is 1380 g/mol. The first-order valence-electron chi connectivity index (χ1n) is 37.1. The lowest BCUT2D eigenvalue weighted by atomic mass is 9.91. The van der Waals surface area contributed by atoms with Crippen molar-refractivity contribution in [2.45, 2.75) is 167 Å². The molecule has 0 bridgehead atoms. The van der Waals surface area contributed by atoms with Gasteiger partial charge in [0.05, 0.1) is 6.04 Å². The highest BCUT2D eigenvalue weighted by Crippen LogP contribution is 2.43. The number of aromatic hydroxyl groups is 3. The molecule has 0 amide bonds. The fraction of sp³-hybridized carbons (Fsp3) is 0.271. The number of aryl methyl sites for hydroxylation is 9. The van der Waals surface area contributed by atoms with E-state index in [9.17, 15) is 20.4 Å². The molecule has 10 aromatic carbocycles. The molecule has 534 valence electrons. The molecule has 11 rings (SSSR count). The van der Waals surface area contributed by atoms with Crippen LogP contribution in [-0.4, -0.2) is 31.9 Å². The summed E-state index contributed by atoms with van der Waals surface area (Å²) < 4.78 is 0. The number of aliphatic hydroxyl groups is 1. The van der Waals surface area contributed by atoms with Gasteiger partial charge in [0.1, 0.15) is 23.0 Å². The summed E-state index contributed by atoms with van der Waals surface area (Å²) in [5, 5.41) is 51.8. The second kappa shape index (κ2) is 34.1. The normalized spacial score (nSPS) is 12.8. The van der Waals surface area contributed by atoms with Crippen molar-refractivity contribution in [2.24, 2.45) is 0 Å². The predicted molar refractivity (Wildman–Crippen MR) is 435 cm³/mol. The van der Waals surface area contributed by atoms with E-state index in [2.05, 4.69) is 315 Å². The Hall–Kier alpha value is -10.7. The fourth-order valence-electron chi connectivity index (χ4n) is 15.1. The van der Waals surface area contributed by atoms with Gasteiger partial charge in [0.25, 0.3) is 0 Å². The van der Waals surface area contributed by atoms with Crippen LogP contribution < -0.4 is 14.7 Å². The van der Waals surface area contributed by atoms with Gasteiger partial charge in [-0.25, -0.2) is 0 Å². The van der Waals surface area contributed by atoms with Crippen molar-refractivity contribution >= 4 is 17.1 Å². The Labute approximate surface area is 620 Å². The van der Waals surface area contributed by atoms with Gasteiger partial charge in [0.15, 0.2) is 0 Å². The van der Waals surface area contributed by atoms with Crippen molar-refractivity contribution < 1.29 is 20.4 Å². The molecule has 0 spiro atoms. The molecule has 1 aliphatic rings. The maximum Gasteiger partial charge on any atom is 0.122 e. The van der Waals surface area contributed by atoms with Gasteiger partial charge in [-0.15, -0.1) is 0 Å². The second-order valence-electron chi connectivity index (χ2n) is 29.3. The van der Waals surface area contributed by atoms with Crippen molar-refractivity contribution in [3.05, 3.63) is 376 Å². The Morgan fingerprint density at radius 3 is 1.35 bits per heavy atom. The first-order valence-corrected chi connectivity index (χ1v) is 37.1. The zero-order valence-electron chi connectivity index (χ0n) is 63.4. The summed E-state index contributed by atoms with van der Waals surface area (Å²) in [5.41, 5.74) is 28.6. The minimum Gasteiger partial charge on any atom is -0.508 e. The number of benzene rings is 10. The van der Waals surface area contributed by atoms with E-state index in [0.29, 0.717) is 79.1 Å². The molecular weight excluding hydrogens is 1270 g/mol. The molecule has 0 fully saturated rings. The average Bonchev–Trinajstić information content (AvgIpc) is 0.782. The summed E-state index contributed by atoms with van der Waals surface area (Å²) in [6.45, 7) is 34.4. The summed E-state index contributed by atoms with van der Waals surface area (Å²) in [4.78, 5) is 9.63. The highest BCUT2D eigenvalue weighted by Gasteiger charge is 2.27. The number of aliphatic hydroxyl groups excluding tert-OH is 1. The first-order chi connectivity index (χ1) is 50.1. The Morgan fingerprint density at radius 1 is 0.452 bits per heavy atom. The van der Waals surface area contributed by atoms with Crippen molar-refractivity contribution in [1.82, 2.24) is 4.90 Å². The van der Waals surface area contributed by atoms with Crippen molar-refractivity contribution in [1.29, 1.82) is 0 Å². The zero-order chi connectivity index (χ0) is 73.7. The van der Waals surface area contributed by atoms with Crippen LogP contribution in [0.4, 0.5) is 17.1 Å². The summed E-state index contributed by atoms with van der Waals surface area (Å²) in [5.74, 6) is 0.263. The van der Waals surface area contributed by atoms with Gasteiger partial charge in [0, 0.05) is 116 Å². The third kappa shape index (κ3) is 18.6. The molecule has 1 aliphatic carbocycles. The number of nitrogens with zero attached hydrogens (tertiary/aromatic N) is 4. The number of hydrogen-bond acceptors (Lipinski definition) is 8. The van der Waals surface area contributed by atoms with E-state index in [1.807, 2.05) is 19.1 Å². The second-order valence-corrected chi connectivity index (χ2v) is 29.3. The summed E-state index contributed by atoms with van der Waals surface area (Å²) in [6.07, 6.45) is 11.7. The van der Waals surface area contributed by atoms with E-state index < -0.39 is 0 Å². The van der Waals surface area contributed by atoms with Crippen LogP contribution in [-0.2, 0) is 65.0 Å². The molecule has 0 radical (unpaired) electrons. The highest BCUT2D eigenvalue weighted by molar-refractivity contribution is 5.66. The maximum absolute atomic E-state index is 13.5. The Bertz CT molecular complexity index is 4830. The third-order valence-corrected chi connectivity index (χ3v) is 21.2. The van der Waals surface area contributed by atoms with Gasteiger partial charge < -0.3 is 40.0 Å². The molecule has 8 heteroatoms. The monoisotopic (exact) mass is 1380 g/mol. The molecule has 104 heavy (non-hydrogen) atoms. The lowest BCUT2D eigenvalue weighted by Gasteiger charge is -2.34. The van der Waals surface area contributed by atoms with Crippen LogP contribution in [0.15, 0.2) is 259 Å². The quantitative estimate of drug-likeness (QED) is 0.0272. The molecule has 0 aromatic heterocycles. The number of rotatable bonds is 29. The molecule has 0 aliphatic heterocycles. The highest BCUT2D eigenvalue weighted by atomic mass is 16.3. The third-order valence-electron chi connectivity index (χ3n) is 21.2. The minimum absolute atomic E-state index is 0.0583. The van der Waals surface area contributed by atoms with Crippen LogP contribution in [0.5, 0.6) is 17.2 Å². The summed E-state index contributed by atoms with van der Waals surface area (Å²) in [6, 6.07) is 70.8. The van der Waals surface area contributed by atoms with E-state index in [0.717, 1.165) is 58.8 Å². The van der Waals surface area contributed by atoms with E-state index in [1.54, 1.807) is 0 Å². The van der Waals surface area contributed by atoms with Crippen molar-refractivity contribution in [2.75, 3.05) is 21.2 Å². The number of phenols is 3. The van der Waals surface area contributed by atoms with Crippen LogP contribution in [0.1, 0.15) is 163 Å². The predicted octanol–water partition coefficient (Wildman–Crippen LogP) is 22.8. The van der Waals surface area contributed by atoms with Crippen molar-refractivity contribution in [3.63, 3.8) is 0 Å². The molecule has 4 N–H and O–H groups in total. The first kappa shape index (κ1) is 74.5. The molecule has 0 saturated carbocycles. The summed E-state index contributed by atoms with van der Waals surface area (Å²) in [7, 11) is 0.